The van der Waals surface area contributed by atoms with Crippen molar-refractivity contribution in [1.29, 1.82) is 0 Å². The first-order valence-electron chi connectivity index (χ1n) is 23.6. The topological polar surface area (TPSA) is 40.5 Å². The summed E-state index contributed by atoms with van der Waals surface area (Å²) in [6.45, 7) is -5.06. The standard InChI is InChI=1S/2C28H20BF9O/c2*30-26(31,32)20-15-22(27(33,34)35)25(23(16-20)28(36,37)38)29(39)24(18-10-5-2-6-11-18)21-13-7-12-19(21)14-17-8-3-1-4-9-17/h2*1-6,8-11,14-16,39H,7,12-13H2/b2*19-14+,24-21-. The van der Waals surface area contributed by atoms with Gasteiger partial charge in [-0.25, -0.2) is 0 Å². The van der Waals surface area contributed by atoms with E-state index in [1.54, 1.807) is 84.9 Å². The number of allylic oxidation sites excluding steroid dienone is 4. The molecule has 22 heteroatoms. The maximum absolute atomic E-state index is 14.1. The summed E-state index contributed by atoms with van der Waals surface area (Å²) in [5, 5.41) is 22.8. The SMILES string of the molecule is OB(/C(=C1/CCC/C1=C\c1ccccc1)c1ccccc1)c1c(C(F)(F)F)cc(C(F)(F)F)cc1C(F)(F)F.OB(/C(=C1/CCC/C1=C\c1ccccc1)c1ccccc1)c1c(C(F)(F)F)cc(C(F)(F)F)cc1C(F)(F)F. The van der Waals surface area contributed by atoms with Gasteiger partial charge < -0.3 is 10.0 Å². The van der Waals surface area contributed by atoms with E-state index >= 15 is 0 Å². The van der Waals surface area contributed by atoms with Gasteiger partial charge in [-0.3, -0.25) is 0 Å². The zero-order valence-corrected chi connectivity index (χ0v) is 40.1. The van der Waals surface area contributed by atoms with Gasteiger partial charge in [-0.2, -0.15) is 79.0 Å². The minimum atomic E-state index is -5.62. The van der Waals surface area contributed by atoms with Crippen LogP contribution >= 0.6 is 0 Å². The van der Waals surface area contributed by atoms with Crippen LogP contribution in [0.3, 0.4) is 0 Å². The van der Waals surface area contributed by atoms with Gasteiger partial charge in [-0.05, 0) is 129 Å². The van der Waals surface area contributed by atoms with Gasteiger partial charge in [0.2, 0.25) is 0 Å². The summed E-state index contributed by atoms with van der Waals surface area (Å²) in [4.78, 5) is 0. The summed E-state index contributed by atoms with van der Waals surface area (Å²) >= 11 is 0. The van der Waals surface area contributed by atoms with Gasteiger partial charge in [-0.15, -0.1) is 0 Å². The molecule has 2 fully saturated rings. The molecule has 0 amide bonds. The maximum atomic E-state index is 14.1. The highest BCUT2D eigenvalue weighted by Crippen LogP contribution is 2.46. The second-order valence-corrected chi connectivity index (χ2v) is 18.1. The second kappa shape index (κ2) is 22.8. The molecule has 408 valence electrons. The molecular weight excluding hydrogens is 1070 g/mol. The summed E-state index contributed by atoms with van der Waals surface area (Å²) in [5.41, 5.74) is -13.1. The lowest BCUT2D eigenvalue weighted by Gasteiger charge is -2.25. The zero-order chi connectivity index (χ0) is 57.2. The Morgan fingerprint density at radius 3 is 0.846 bits per heavy atom. The van der Waals surface area contributed by atoms with Crippen molar-refractivity contribution >= 4 is 47.9 Å². The third kappa shape index (κ3) is 13.7. The number of hydrogen-bond donors (Lipinski definition) is 2. The Bertz CT molecular complexity index is 2920. The molecule has 2 N–H and O–H groups in total. The predicted molar refractivity (Wildman–Crippen MR) is 261 cm³/mol. The fourth-order valence-corrected chi connectivity index (χ4v) is 9.65. The molecule has 78 heavy (non-hydrogen) atoms. The minimum Gasteiger partial charge on any atom is -0.443 e. The van der Waals surface area contributed by atoms with Crippen molar-refractivity contribution in [2.45, 2.75) is 75.6 Å². The van der Waals surface area contributed by atoms with Crippen LogP contribution in [0.4, 0.5) is 79.0 Å². The van der Waals surface area contributed by atoms with E-state index in [1.165, 1.54) is 48.5 Å². The Morgan fingerprint density at radius 1 is 0.346 bits per heavy atom. The van der Waals surface area contributed by atoms with Crippen molar-refractivity contribution in [1.82, 2.24) is 0 Å². The number of rotatable bonds is 8. The summed E-state index contributed by atoms with van der Waals surface area (Å²) in [5.74, 6) is 0. The van der Waals surface area contributed by atoms with Crippen molar-refractivity contribution in [2.75, 3.05) is 0 Å². The van der Waals surface area contributed by atoms with Crippen molar-refractivity contribution in [3.8, 4) is 0 Å². The van der Waals surface area contributed by atoms with Crippen LogP contribution in [0.2, 0.25) is 0 Å². The highest BCUT2D eigenvalue weighted by atomic mass is 19.4. The predicted octanol–water partition coefficient (Wildman–Crippen LogP) is 16.4. The molecule has 0 atom stereocenters. The lowest BCUT2D eigenvalue weighted by molar-refractivity contribution is -0.149. The van der Waals surface area contributed by atoms with Crippen LogP contribution in [0.5, 0.6) is 0 Å². The van der Waals surface area contributed by atoms with Crippen LogP contribution in [0, 0.1) is 0 Å². The summed E-state index contributed by atoms with van der Waals surface area (Å²) in [6, 6.07) is 31.0. The fraction of sp³-hybridized carbons (Fsp3) is 0.214. The molecule has 0 bridgehead atoms. The van der Waals surface area contributed by atoms with E-state index in [2.05, 4.69) is 0 Å². The average molecular weight is 1110 g/mol. The summed E-state index contributed by atoms with van der Waals surface area (Å²) in [6.07, 6.45) is -27.6. The van der Waals surface area contributed by atoms with Gasteiger partial charge in [0.05, 0.1) is 33.4 Å². The number of hydrogen-bond acceptors (Lipinski definition) is 2. The Balaban J connectivity index is 0.000000226. The number of benzene rings is 6. The van der Waals surface area contributed by atoms with Gasteiger partial charge in [0.15, 0.2) is 0 Å². The first-order valence-corrected chi connectivity index (χ1v) is 23.6. The van der Waals surface area contributed by atoms with Gasteiger partial charge in [0, 0.05) is 0 Å². The van der Waals surface area contributed by atoms with Gasteiger partial charge >= 0.3 is 50.9 Å². The van der Waals surface area contributed by atoms with Crippen LogP contribution in [-0.4, -0.2) is 23.9 Å². The van der Waals surface area contributed by atoms with Crippen LogP contribution in [0.15, 0.2) is 168 Å². The van der Waals surface area contributed by atoms with E-state index in [9.17, 15) is 89.1 Å². The molecule has 0 heterocycles. The Morgan fingerprint density at radius 2 is 0.603 bits per heavy atom. The molecule has 0 spiro atoms. The van der Waals surface area contributed by atoms with Crippen molar-refractivity contribution in [3.05, 3.63) is 224 Å². The third-order valence-electron chi connectivity index (χ3n) is 13.0. The van der Waals surface area contributed by atoms with Crippen molar-refractivity contribution < 1.29 is 89.1 Å². The molecule has 2 aliphatic rings. The quantitative estimate of drug-likeness (QED) is 0.118. The summed E-state index contributed by atoms with van der Waals surface area (Å²) < 4.78 is 249. The minimum absolute atomic E-state index is 0.155. The molecule has 2 aliphatic carbocycles. The molecule has 6 aromatic rings. The van der Waals surface area contributed by atoms with Crippen molar-refractivity contribution in [2.24, 2.45) is 0 Å². The molecule has 6 aromatic carbocycles. The van der Waals surface area contributed by atoms with Gasteiger partial charge in [-0.1, -0.05) is 133 Å². The molecule has 0 unspecified atom stereocenters. The van der Waals surface area contributed by atoms with Crippen LogP contribution in [0.25, 0.3) is 23.1 Å². The van der Waals surface area contributed by atoms with E-state index in [1.807, 2.05) is 0 Å². The Kier molecular flexibility index (Phi) is 17.2. The molecule has 0 radical (unpaired) electrons. The van der Waals surface area contributed by atoms with E-state index in [-0.39, 0.29) is 59.2 Å². The zero-order valence-electron chi connectivity index (χ0n) is 40.1. The smallest absolute Gasteiger partial charge is 0.416 e. The largest absolute Gasteiger partial charge is 0.443 e. The second-order valence-electron chi connectivity index (χ2n) is 18.1. The molecule has 8 rings (SSSR count). The molecule has 2 nitrogen and oxygen atoms in total. The van der Waals surface area contributed by atoms with Crippen LogP contribution < -0.4 is 10.9 Å². The summed E-state index contributed by atoms with van der Waals surface area (Å²) in [7, 11) is 0. The van der Waals surface area contributed by atoms with Gasteiger partial charge in [0.1, 0.15) is 0 Å². The average Bonchev–Trinajstić information content (AvgIpc) is 4.02. The monoisotopic (exact) mass is 1110 g/mol. The third-order valence-corrected chi connectivity index (χ3v) is 13.0. The molecular formula is C56H40B2F18O2. The van der Waals surface area contributed by atoms with E-state index < -0.39 is 95.2 Å². The first kappa shape index (κ1) is 58.7. The first-order chi connectivity index (χ1) is 36.4. The Labute approximate surface area is 435 Å². The lowest BCUT2D eigenvalue weighted by atomic mass is 9.49. The van der Waals surface area contributed by atoms with E-state index in [4.69, 9.17) is 0 Å². The number of halogens is 18. The van der Waals surface area contributed by atoms with E-state index in [0.29, 0.717) is 48.0 Å². The maximum Gasteiger partial charge on any atom is 0.416 e. The lowest BCUT2D eigenvalue weighted by Crippen LogP contribution is -2.43. The Hall–Kier alpha value is -6.93. The van der Waals surface area contributed by atoms with E-state index in [0.717, 1.165) is 11.1 Å². The highest BCUT2D eigenvalue weighted by molar-refractivity contribution is 6.85. The molecule has 0 aromatic heterocycles. The number of alkyl halides is 18. The highest BCUT2D eigenvalue weighted by Gasteiger charge is 2.50. The van der Waals surface area contributed by atoms with Crippen LogP contribution in [-0.2, 0) is 37.1 Å². The molecule has 0 aliphatic heterocycles. The van der Waals surface area contributed by atoms with Crippen molar-refractivity contribution in [3.63, 3.8) is 0 Å². The molecule has 0 saturated heterocycles. The van der Waals surface area contributed by atoms with Gasteiger partial charge in [0.25, 0.3) is 0 Å². The fourth-order valence-electron chi connectivity index (χ4n) is 9.65. The molecule has 2 saturated carbocycles. The van der Waals surface area contributed by atoms with Crippen LogP contribution in [0.1, 0.15) is 94.2 Å². The normalized spacial score (nSPS) is 17.0.